The second-order valence-electron chi connectivity index (χ2n) is 3.29. The Morgan fingerprint density at radius 2 is 1.69 bits per heavy atom. The Morgan fingerprint density at radius 3 is 2.44 bits per heavy atom. The highest BCUT2D eigenvalue weighted by atomic mass is 35.5. The molecule has 0 bridgehead atoms. The molecule has 0 amide bonds. The van der Waals surface area contributed by atoms with Gasteiger partial charge in [-0.15, -0.1) is 0 Å². The van der Waals surface area contributed by atoms with Gasteiger partial charge in [-0.25, -0.2) is 4.39 Å². The fourth-order valence-electron chi connectivity index (χ4n) is 1.43. The van der Waals surface area contributed by atoms with Crippen molar-refractivity contribution in [3.63, 3.8) is 0 Å². The van der Waals surface area contributed by atoms with E-state index in [0.29, 0.717) is 21.2 Å². The molecule has 82 valence electrons. The summed E-state index contributed by atoms with van der Waals surface area (Å²) < 4.78 is 13.1. The minimum atomic E-state index is -0.418. The summed E-state index contributed by atoms with van der Waals surface area (Å²) in [6, 6.07) is 8.48. The molecule has 1 nitrogen and oxygen atoms in total. The minimum Gasteiger partial charge on any atom is -0.507 e. The molecule has 0 atom stereocenters. The van der Waals surface area contributed by atoms with E-state index >= 15 is 0 Å². The number of phenols is 1. The fourth-order valence-corrected chi connectivity index (χ4v) is 1.82. The molecule has 0 saturated heterocycles. The molecule has 2 aromatic rings. The van der Waals surface area contributed by atoms with Gasteiger partial charge in [0.1, 0.15) is 11.6 Å². The third-order valence-electron chi connectivity index (χ3n) is 2.18. The Morgan fingerprint density at radius 1 is 0.938 bits per heavy atom. The van der Waals surface area contributed by atoms with Crippen LogP contribution in [0.2, 0.25) is 10.0 Å². The van der Waals surface area contributed by atoms with Crippen LogP contribution >= 0.6 is 23.2 Å². The van der Waals surface area contributed by atoms with Gasteiger partial charge in [0.05, 0.1) is 0 Å². The van der Waals surface area contributed by atoms with Crippen LogP contribution in [0.5, 0.6) is 5.75 Å². The normalized spacial score (nSPS) is 10.4. The monoisotopic (exact) mass is 256 g/mol. The average molecular weight is 257 g/mol. The molecule has 16 heavy (non-hydrogen) atoms. The van der Waals surface area contributed by atoms with Crippen LogP contribution in [0.3, 0.4) is 0 Å². The summed E-state index contributed by atoms with van der Waals surface area (Å²) >= 11 is 11.7. The number of hydrogen-bond acceptors (Lipinski definition) is 1. The first-order valence-electron chi connectivity index (χ1n) is 4.52. The number of phenolic OH excluding ortho intramolecular Hbond substituents is 1. The largest absolute Gasteiger partial charge is 0.507 e. The van der Waals surface area contributed by atoms with E-state index in [0.717, 1.165) is 0 Å². The quantitative estimate of drug-likeness (QED) is 0.797. The van der Waals surface area contributed by atoms with Crippen molar-refractivity contribution < 1.29 is 9.50 Å². The lowest BCUT2D eigenvalue weighted by Gasteiger charge is -2.07. The van der Waals surface area contributed by atoms with Gasteiger partial charge in [-0.1, -0.05) is 23.2 Å². The molecule has 0 spiro atoms. The van der Waals surface area contributed by atoms with E-state index in [1.807, 2.05) is 0 Å². The smallest absolute Gasteiger partial charge is 0.123 e. The van der Waals surface area contributed by atoms with Crippen molar-refractivity contribution in [2.75, 3.05) is 0 Å². The molecule has 0 saturated carbocycles. The van der Waals surface area contributed by atoms with Gasteiger partial charge in [0, 0.05) is 21.2 Å². The van der Waals surface area contributed by atoms with Gasteiger partial charge in [-0.05, 0) is 36.4 Å². The van der Waals surface area contributed by atoms with Crippen molar-refractivity contribution in [3.8, 4) is 16.9 Å². The molecule has 0 aliphatic heterocycles. The van der Waals surface area contributed by atoms with Crippen molar-refractivity contribution in [2.45, 2.75) is 0 Å². The molecule has 0 aliphatic carbocycles. The van der Waals surface area contributed by atoms with E-state index in [-0.39, 0.29) is 5.75 Å². The highest BCUT2D eigenvalue weighted by molar-refractivity contribution is 6.34. The second-order valence-corrected chi connectivity index (χ2v) is 4.13. The zero-order valence-corrected chi connectivity index (χ0v) is 9.56. The molecular formula is C12H7Cl2FO. The van der Waals surface area contributed by atoms with Crippen LogP contribution in [0, 0.1) is 5.82 Å². The third kappa shape index (κ3) is 2.13. The summed E-state index contributed by atoms with van der Waals surface area (Å²) in [5.41, 5.74) is 0.832. The first-order valence-corrected chi connectivity index (χ1v) is 5.27. The van der Waals surface area contributed by atoms with E-state index in [1.165, 1.54) is 30.3 Å². The van der Waals surface area contributed by atoms with Crippen LogP contribution in [0.25, 0.3) is 11.1 Å². The SMILES string of the molecule is Oc1ccc(Cl)cc1-c1cc(F)ccc1Cl. The maximum Gasteiger partial charge on any atom is 0.123 e. The van der Waals surface area contributed by atoms with E-state index in [1.54, 1.807) is 6.07 Å². The molecule has 2 aromatic carbocycles. The van der Waals surface area contributed by atoms with Gasteiger partial charge in [0.15, 0.2) is 0 Å². The molecule has 0 radical (unpaired) electrons. The molecule has 2 rings (SSSR count). The van der Waals surface area contributed by atoms with Crippen LogP contribution in [-0.2, 0) is 0 Å². The summed E-state index contributed by atoms with van der Waals surface area (Å²) in [6.07, 6.45) is 0. The van der Waals surface area contributed by atoms with Crippen molar-refractivity contribution in [1.29, 1.82) is 0 Å². The van der Waals surface area contributed by atoms with Crippen molar-refractivity contribution in [3.05, 3.63) is 52.3 Å². The summed E-state index contributed by atoms with van der Waals surface area (Å²) in [5, 5.41) is 10.5. The Hall–Kier alpha value is -1.25. The minimum absolute atomic E-state index is 0.0110. The summed E-state index contributed by atoms with van der Waals surface area (Å²) in [4.78, 5) is 0. The summed E-state index contributed by atoms with van der Waals surface area (Å²) in [7, 11) is 0. The number of rotatable bonds is 1. The maximum absolute atomic E-state index is 13.1. The van der Waals surface area contributed by atoms with E-state index < -0.39 is 5.82 Å². The van der Waals surface area contributed by atoms with Crippen LogP contribution in [-0.4, -0.2) is 5.11 Å². The Labute approximate surface area is 102 Å². The molecule has 0 fully saturated rings. The molecule has 0 unspecified atom stereocenters. The predicted octanol–water partition coefficient (Wildman–Crippen LogP) is 4.51. The van der Waals surface area contributed by atoms with Gasteiger partial charge in [0.2, 0.25) is 0 Å². The molecule has 0 aliphatic rings. The van der Waals surface area contributed by atoms with E-state index in [4.69, 9.17) is 23.2 Å². The Balaban J connectivity index is 2.66. The van der Waals surface area contributed by atoms with Crippen molar-refractivity contribution in [1.82, 2.24) is 0 Å². The molecule has 4 heteroatoms. The lowest BCUT2D eigenvalue weighted by atomic mass is 10.0. The van der Waals surface area contributed by atoms with Gasteiger partial charge in [-0.2, -0.15) is 0 Å². The number of benzene rings is 2. The van der Waals surface area contributed by atoms with Gasteiger partial charge in [-0.3, -0.25) is 0 Å². The average Bonchev–Trinajstić information content (AvgIpc) is 2.25. The summed E-state index contributed by atoms with van der Waals surface area (Å²) in [6.45, 7) is 0. The molecule has 0 aromatic heterocycles. The van der Waals surface area contributed by atoms with Gasteiger partial charge in [0.25, 0.3) is 0 Å². The zero-order chi connectivity index (χ0) is 11.7. The number of aromatic hydroxyl groups is 1. The number of hydrogen-bond donors (Lipinski definition) is 1. The summed E-state index contributed by atoms with van der Waals surface area (Å²) in [5.74, 6) is -0.407. The highest BCUT2D eigenvalue weighted by Gasteiger charge is 2.10. The van der Waals surface area contributed by atoms with E-state index in [9.17, 15) is 9.50 Å². The van der Waals surface area contributed by atoms with Crippen molar-refractivity contribution >= 4 is 23.2 Å². The lowest BCUT2D eigenvalue weighted by molar-refractivity contribution is 0.477. The lowest BCUT2D eigenvalue weighted by Crippen LogP contribution is -1.83. The topological polar surface area (TPSA) is 20.2 Å². The Kier molecular flexibility index (Phi) is 3.03. The second kappa shape index (κ2) is 4.32. The first kappa shape index (κ1) is 11.2. The number of halogens is 3. The first-order chi connectivity index (χ1) is 7.58. The Bertz CT molecular complexity index is 491. The maximum atomic E-state index is 13.1. The zero-order valence-electron chi connectivity index (χ0n) is 8.05. The van der Waals surface area contributed by atoms with E-state index in [2.05, 4.69) is 0 Å². The van der Waals surface area contributed by atoms with Crippen LogP contribution in [0.1, 0.15) is 0 Å². The third-order valence-corrected chi connectivity index (χ3v) is 2.74. The molecular weight excluding hydrogens is 250 g/mol. The standard InChI is InChI=1S/C12H7Cl2FO/c13-7-1-4-12(16)10(5-7)9-6-8(15)2-3-11(9)14/h1-6,16H. The predicted molar refractivity (Wildman–Crippen MR) is 63.5 cm³/mol. The van der Waals surface area contributed by atoms with Gasteiger partial charge >= 0.3 is 0 Å². The van der Waals surface area contributed by atoms with Crippen LogP contribution in [0.15, 0.2) is 36.4 Å². The van der Waals surface area contributed by atoms with Gasteiger partial charge < -0.3 is 5.11 Å². The molecule has 1 N–H and O–H groups in total. The van der Waals surface area contributed by atoms with Crippen LogP contribution < -0.4 is 0 Å². The molecule has 0 heterocycles. The van der Waals surface area contributed by atoms with Crippen molar-refractivity contribution in [2.24, 2.45) is 0 Å². The van der Waals surface area contributed by atoms with Crippen LogP contribution in [0.4, 0.5) is 4.39 Å². The fraction of sp³-hybridized carbons (Fsp3) is 0. The highest BCUT2D eigenvalue weighted by Crippen LogP contribution is 2.36.